The molecule has 0 rings (SSSR count). The van der Waals surface area contributed by atoms with Crippen LogP contribution in [0.2, 0.25) is 0 Å². The molecular weight excluding hydrogens is 142 g/mol. The van der Waals surface area contributed by atoms with Gasteiger partial charge in [-0.1, -0.05) is 0 Å². The maximum absolute atomic E-state index is 10.5. The molecule has 0 aliphatic carbocycles. The van der Waals surface area contributed by atoms with E-state index in [2.05, 4.69) is 0 Å². The fourth-order valence-electron chi connectivity index (χ4n) is 0.611. The summed E-state index contributed by atoms with van der Waals surface area (Å²) in [4.78, 5) is 12.5. The molecule has 4 heteroatoms. The van der Waals surface area contributed by atoms with E-state index in [1.165, 1.54) is 0 Å². The van der Waals surface area contributed by atoms with Gasteiger partial charge >= 0.3 is 0 Å². The number of primary amides is 1. The topological polar surface area (TPSA) is 72.3 Å². The van der Waals surface area contributed by atoms with Crippen molar-refractivity contribution in [3.8, 4) is 0 Å². The fraction of sp³-hybridized carbons (Fsp3) is 0.857. The lowest BCUT2D eigenvalue weighted by atomic mass is 10.2. The zero-order valence-corrected chi connectivity index (χ0v) is 7.37. The first kappa shape index (κ1) is 10.4. The predicted octanol–water partition coefficient (Wildman–Crippen LogP) is -0.861. The number of rotatable bonds is 4. The molecule has 0 spiro atoms. The minimum atomic E-state index is -0.553. The van der Waals surface area contributed by atoms with Gasteiger partial charge in [-0.15, -0.1) is 0 Å². The molecule has 0 aromatic rings. The van der Waals surface area contributed by atoms with E-state index in [-0.39, 0.29) is 0 Å². The third-order valence-electron chi connectivity index (χ3n) is 1.73. The second kappa shape index (κ2) is 4.31. The first-order chi connectivity index (χ1) is 4.95. The van der Waals surface area contributed by atoms with Crippen LogP contribution < -0.4 is 11.5 Å². The van der Waals surface area contributed by atoms with Gasteiger partial charge in [-0.25, -0.2) is 0 Å². The van der Waals surface area contributed by atoms with E-state index < -0.39 is 11.9 Å². The van der Waals surface area contributed by atoms with Gasteiger partial charge in [0.2, 0.25) is 5.91 Å². The Balaban J connectivity index is 3.75. The van der Waals surface area contributed by atoms with Crippen LogP contribution in [0.5, 0.6) is 0 Å². The summed E-state index contributed by atoms with van der Waals surface area (Å²) in [6.07, 6.45) is 0. The Morgan fingerprint density at radius 3 is 2.27 bits per heavy atom. The third kappa shape index (κ3) is 3.95. The molecule has 4 nitrogen and oxygen atoms in total. The average molecular weight is 159 g/mol. The van der Waals surface area contributed by atoms with Crippen molar-refractivity contribution in [3.63, 3.8) is 0 Å². The lowest BCUT2D eigenvalue weighted by molar-refractivity contribution is -0.119. The van der Waals surface area contributed by atoms with Gasteiger partial charge in [0.1, 0.15) is 0 Å². The number of carbonyl (C=O) groups excluding carboxylic acids is 1. The molecule has 0 aromatic carbocycles. The second-order valence-corrected chi connectivity index (χ2v) is 3.04. The standard InChI is InChI=1S/C7H17N3O/c1-5(2)10(3)4-6(8)7(9)11/h5-6H,4,8H2,1-3H3,(H2,9,11). The zero-order valence-electron chi connectivity index (χ0n) is 7.37. The highest BCUT2D eigenvalue weighted by Gasteiger charge is 2.13. The van der Waals surface area contributed by atoms with Gasteiger partial charge in [0, 0.05) is 12.6 Å². The maximum Gasteiger partial charge on any atom is 0.235 e. The lowest BCUT2D eigenvalue weighted by Gasteiger charge is -2.22. The summed E-state index contributed by atoms with van der Waals surface area (Å²) >= 11 is 0. The molecule has 4 N–H and O–H groups in total. The molecule has 0 radical (unpaired) electrons. The molecule has 0 saturated heterocycles. The Kier molecular flexibility index (Phi) is 4.07. The number of nitrogens with two attached hydrogens (primary N) is 2. The van der Waals surface area contributed by atoms with Crippen molar-refractivity contribution in [3.05, 3.63) is 0 Å². The maximum atomic E-state index is 10.5. The van der Waals surface area contributed by atoms with Gasteiger partial charge in [-0.2, -0.15) is 0 Å². The van der Waals surface area contributed by atoms with E-state index in [1.807, 2.05) is 25.8 Å². The van der Waals surface area contributed by atoms with Crippen LogP contribution in [0.3, 0.4) is 0 Å². The summed E-state index contributed by atoms with van der Waals surface area (Å²) in [6, 6.07) is -0.164. The lowest BCUT2D eigenvalue weighted by Crippen LogP contribution is -2.46. The van der Waals surface area contributed by atoms with Gasteiger partial charge < -0.3 is 16.4 Å². The largest absolute Gasteiger partial charge is 0.368 e. The molecular formula is C7H17N3O. The van der Waals surface area contributed by atoms with Crippen molar-refractivity contribution >= 4 is 5.91 Å². The first-order valence-corrected chi connectivity index (χ1v) is 3.70. The highest BCUT2D eigenvalue weighted by Crippen LogP contribution is 1.93. The van der Waals surface area contributed by atoms with E-state index in [0.717, 1.165) is 0 Å². The van der Waals surface area contributed by atoms with E-state index in [1.54, 1.807) is 0 Å². The van der Waals surface area contributed by atoms with Crippen molar-refractivity contribution in [2.75, 3.05) is 13.6 Å². The Bertz CT molecular complexity index is 136. The van der Waals surface area contributed by atoms with Gasteiger partial charge in [-0.05, 0) is 20.9 Å². The third-order valence-corrected chi connectivity index (χ3v) is 1.73. The summed E-state index contributed by atoms with van der Waals surface area (Å²) in [5, 5.41) is 0. The molecule has 11 heavy (non-hydrogen) atoms. The quantitative estimate of drug-likeness (QED) is 0.560. The fourth-order valence-corrected chi connectivity index (χ4v) is 0.611. The van der Waals surface area contributed by atoms with Crippen molar-refractivity contribution in [1.29, 1.82) is 0 Å². The van der Waals surface area contributed by atoms with E-state index in [0.29, 0.717) is 12.6 Å². The van der Waals surface area contributed by atoms with Gasteiger partial charge in [0.25, 0.3) is 0 Å². The Morgan fingerprint density at radius 1 is 1.55 bits per heavy atom. The summed E-state index contributed by atoms with van der Waals surface area (Å²) in [7, 11) is 1.91. The summed E-state index contributed by atoms with van der Waals surface area (Å²) in [5.74, 6) is -0.447. The van der Waals surface area contributed by atoms with Crippen molar-refractivity contribution in [2.24, 2.45) is 11.5 Å². The molecule has 0 aromatic heterocycles. The zero-order chi connectivity index (χ0) is 9.02. The van der Waals surface area contributed by atoms with Crippen LogP contribution >= 0.6 is 0 Å². The smallest absolute Gasteiger partial charge is 0.235 e. The second-order valence-electron chi connectivity index (χ2n) is 3.04. The number of nitrogens with zero attached hydrogens (tertiary/aromatic N) is 1. The van der Waals surface area contributed by atoms with Crippen LogP contribution in [0, 0.1) is 0 Å². The van der Waals surface area contributed by atoms with Gasteiger partial charge in [0.15, 0.2) is 0 Å². The molecule has 0 aliphatic heterocycles. The summed E-state index contributed by atoms with van der Waals surface area (Å²) in [6.45, 7) is 4.59. The van der Waals surface area contributed by atoms with E-state index in [9.17, 15) is 4.79 Å². The number of carbonyl (C=O) groups is 1. The molecule has 0 fully saturated rings. The van der Waals surface area contributed by atoms with Gasteiger partial charge in [-0.3, -0.25) is 4.79 Å². The number of hydrogen-bond acceptors (Lipinski definition) is 3. The molecule has 0 bridgehead atoms. The van der Waals surface area contributed by atoms with Crippen molar-refractivity contribution in [2.45, 2.75) is 25.9 Å². The van der Waals surface area contributed by atoms with Crippen LogP contribution in [-0.2, 0) is 4.79 Å². The van der Waals surface area contributed by atoms with Crippen LogP contribution in [-0.4, -0.2) is 36.5 Å². The normalized spacial score (nSPS) is 14.0. The summed E-state index contributed by atoms with van der Waals surface area (Å²) < 4.78 is 0. The SMILES string of the molecule is CC(C)N(C)CC(N)C(N)=O. The Hall–Kier alpha value is -0.610. The molecule has 1 unspecified atom stereocenters. The number of amides is 1. The molecule has 1 atom stereocenters. The van der Waals surface area contributed by atoms with Crippen LogP contribution in [0.15, 0.2) is 0 Å². The highest BCUT2D eigenvalue weighted by atomic mass is 16.1. The Morgan fingerprint density at radius 2 is 2.00 bits per heavy atom. The average Bonchev–Trinajstić information content (AvgIpc) is 1.87. The molecule has 66 valence electrons. The first-order valence-electron chi connectivity index (χ1n) is 3.70. The molecule has 0 saturated carbocycles. The summed E-state index contributed by atoms with van der Waals surface area (Å²) in [5.41, 5.74) is 10.4. The number of hydrogen-bond donors (Lipinski definition) is 2. The highest BCUT2D eigenvalue weighted by molar-refractivity contribution is 5.79. The predicted molar refractivity (Wildman–Crippen MR) is 44.9 cm³/mol. The van der Waals surface area contributed by atoms with Crippen LogP contribution in [0.25, 0.3) is 0 Å². The van der Waals surface area contributed by atoms with Crippen LogP contribution in [0.4, 0.5) is 0 Å². The van der Waals surface area contributed by atoms with Crippen molar-refractivity contribution in [1.82, 2.24) is 4.90 Å². The minimum Gasteiger partial charge on any atom is -0.368 e. The monoisotopic (exact) mass is 159 g/mol. The molecule has 0 aliphatic rings. The van der Waals surface area contributed by atoms with E-state index >= 15 is 0 Å². The van der Waals surface area contributed by atoms with Gasteiger partial charge in [0.05, 0.1) is 6.04 Å². The van der Waals surface area contributed by atoms with Crippen LogP contribution in [0.1, 0.15) is 13.8 Å². The minimum absolute atomic E-state index is 0.389. The molecule has 1 amide bonds. The van der Waals surface area contributed by atoms with E-state index in [4.69, 9.17) is 11.5 Å². The Labute approximate surface area is 67.5 Å². The van der Waals surface area contributed by atoms with Crippen molar-refractivity contribution < 1.29 is 4.79 Å². The molecule has 0 heterocycles. The number of likely N-dealkylation sites (N-methyl/N-ethyl adjacent to an activating group) is 1.